The monoisotopic (exact) mass is 539 g/mol. The zero-order chi connectivity index (χ0) is 27.5. The number of carbonyl (C=O) groups excluding carboxylic acids is 4. The molecule has 1 unspecified atom stereocenters. The summed E-state index contributed by atoms with van der Waals surface area (Å²) in [6, 6.07) is 0. The van der Waals surface area contributed by atoms with Crippen LogP contribution in [0.25, 0.3) is 0 Å². The van der Waals surface area contributed by atoms with E-state index in [1.54, 1.807) is 6.08 Å². The van der Waals surface area contributed by atoms with E-state index in [4.69, 9.17) is 14.2 Å². The number of Topliss-reactive ketones (excluding diaryl/α,β-unsaturated/α-hetero) is 2. The summed E-state index contributed by atoms with van der Waals surface area (Å²) in [6.07, 6.45) is 3.06. The highest BCUT2D eigenvalue weighted by Crippen LogP contribution is 2.79. The SMILES string of the molecule is CC1=CC(=O)[C@@H]2[C@@H](C1)[C@]13CO[C@@]4(C1=O)N1[C@H](O)[C@H]5C[C@H](C)CC1(CC[C@@]4(C)[C@]1(COC(=O)C1)[C@H]3C(=O)[C@@H]2C)O5. The molecule has 8 rings (SSSR count). The third-order valence-corrected chi connectivity index (χ3v) is 12.8. The van der Waals surface area contributed by atoms with E-state index in [0.29, 0.717) is 38.0 Å². The van der Waals surface area contributed by atoms with E-state index in [2.05, 4.69) is 6.92 Å². The molecule has 4 spiro atoms. The summed E-state index contributed by atoms with van der Waals surface area (Å²) in [5, 5.41) is 11.8. The maximum atomic E-state index is 15.5. The van der Waals surface area contributed by atoms with Crippen LogP contribution < -0.4 is 0 Å². The Labute approximate surface area is 227 Å². The average Bonchev–Trinajstić information content (AvgIpc) is 3.44. The van der Waals surface area contributed by atoms with E-state index < -0.39 is 63.7 Å². The Bertz CT molecular complexity index is 1290. The van der Waals surface area contributed by atoms with Gasteiger partial charge in [-0.1, -0.05) is 26.3 Å². The molecule has 8 aliphatic rings. The second-order valence-corrected chi connectivity index (χ2v) is 14.4. The summed E-state index contributed by atoms with van der Waals surface area (Å²) in [5.74, 6) is -2.93. The number of hydrogen-bond acceptors (Lipinski definition) is 9. The summed E-state index contributed by atoms with van der Waals surface area (Å²) in [7, 11) is 0. The maximum absolute atomic E-state index is 15.5. The Balaban J connectivity index is 1.42. The summed E-state index contributed by atoms with van der Waals surface area (Å²) in [4.78, 5) is 58.3. The lowest BCUT2D eigenvalue weighted by Crippen LogP contribution is -2.83. The molecule has 0 aromatic rings. The maximum Gasteiger partial charge on any atom is 0.306 e. The molecule has 0 amide bonds. The number of fused-ring (bicyclic) bond motifs is 4. The molecule has 0 aromatic heterocycles. The summed E-state index contributed by atoms with van der Waals surface area (Å²) < 4.78 is 19.2. The molecule has 7 fully saturated rings. The number of esters is 1. The fourth-order valence-electron chi connectivity index (χ4n) is 11.4. The number of ketones is 3. The lowest BCUT2D eigenvalue weighted by molar-refractivity contribution is -0.326. The predicted octanol–water partition coefficient (Wildman–Crippen LogP) is 2.15. The summed E-state index contributed by atoms with van der Waals surface area (Å²) in [6.45, 7) is 7.86. The second-order valence-electron chi connectivity index (χ2n) is 14.4. The number of aliphatic hydroxyl groups is 1. The molecule has 3 aliphatic carbocycles. The number of piperidine rings is 1. The first-order chi connectivity index (χ1) is 18.4. The van der Waals surface area contributed by atoms with Crippen molar-refractivity contribution in [1.82, 2.24) is 4.90 Å². The van der Waals surface area contributed by atoms with Crippen molar-refractivity contribution in [2.45, 2.75) is 90.0 Å². The lowest BCUT2D eigenvalue weighted by Gasteiger charge is -2.70. The Morgan fingerprint density at radius 3 is 2.59 bits per heavy atom. The van der Waals surface area contributed by atoms with Crippen LogP contribution >= 0.6 is 0 Å². The van der Waals surface area contributed by atoms with Crippen molar-refractivity contribution in [2.24, 2.45) is 45.8 Å². The van der Waals surface area contributed by atoms with Gasteiger partial charge in [0.05, 0.1) is 31.2 Å². The van der Waals surface area contributed by atoms with E-state index in [1.165, 1.54) is 0 Å². The molecule has 9 nitrogen and oxygen atoms in total. The van der Waals surface area contributed by atoms with Crippen LogP contribution in [0.5, 0.6) is 0 Å². The minimum absolute atomic E-state index is 0.0122. The first kappa shape index (κ1) is 24.8. The number of hydrogen-bond donors (Lipinski definition) is 1. The van der Waals surface area contributed by atoms with Crippen LogP contribution in [0.4, 0.5) is 0 Å². The number of ether oxygens (including phenoxy) is 3. The molecule has 0 radical (unpaired) electrons. The highest BCUT2D eigenvalue weighted by molar-refractivity contribution is 6.08. The molecule has 210 valence electrons. The van der Waals surface area contributed by atoms with Gasteiger partial charge in [0, 0.05) is 28.6 Å². The second kappa shape index (κ2) is 7.09. The van der Waals surface area contributed by atoms with E-state index in [9.17, 15) is 19.5 Å². The topological polar surface area (TPSA) is 119 Å². The smallest absolute Gasteiger partial charge is 0.306 e. The third kappa shape index (κ3) is 2.36. The fourth-order valence-corrected chi connectivity index (χ4v) is 11.4. The van der Waals surface area contributed by atoms with Crippen molar-refractivity contribution in [1.29, 1.82) is 0 Å². The van der Waals surface area contributed by atoms with Crippen LogP contribution in [0.2, 0.25) is 0 Å². The van der Waals surface area contributed by atoms with Crippen molar-refractivity contribution in [2.75, 3.05) is 13.2 Å². The van der Waals surface area contributed by atoms with E-state index >= 15 is 4.79 Å². The minimum atomic E-state index is -1.59. The Morgan fingerprint density at radius 2 is 1.87 bits per heavy atom. The highest BCUT2D eigenvalue weighted by Gasteiger charge is 2.90. The van der Waals surface area contributed by atoms with Crippen molar-refractivity contribution in [3.8, 4) is 0 Å². The fraction of sp³-hybridized carbons (Fsp3) is 0.800. The van der Waals surface area contributed by atoms with Crippen LogP contribution in [-0.2, 0) is 33.4 Å². The van der Waals surface area contributed by atoms with Gasteiger partial charge in [-0.05, 0) is 56.9 Å². The van der Waals surface area contributed by atoms with Gasteiger partial charge in [0.15, 0.2) is 17.3 Å². The zero-order valence-corrected chi connectivity index (χ0v) is 23.0. The molecular weight excluding hydrogens is 502 g/mol. The van der Waals surface area contributed by atoms with Crippen LogP contribution in [0.3, 0.4) is 0 Å². The molecule has 1 N–H and O–H groups in total. The molecule has 12 atom stereocenters. The molecular formula is C30H37NO8. The molecule has 5 aliphatic heterocycles. The van der Waals surface area contributed by atoms with E-state index in [-0.39, 0.29) is 43.0 Å². The first-order valence-corrected chi connectivity index (χ1v) is 14.6. The van der Waals surface area contributed by atoms with Gasteiger partial charge in [0.25, 0.3) is 0 Å². The Morgan fingerprint density at radius 1 is 1.10 bits per heavy atom. The average molecular weight is 540 g/mol. The van der Waals surface area contributed by atoms with Gasteiger partial charge >= 0.3 is 5.97 Å². The number of allylic oxidation sites excluding steroid dienone is 2. The van der Waals surface area contributed by atoms with Gasteiger partial charge in [-0.15, -0.1) is 0 Å². The van der Waals surface area contributed by atoms with Gasteiger partial charge in [-0.2, -0.15) is 0 Å². The third-order valence-electron chi connectivity index (χ3n) is 12.8. The van der Waals surface area contributed by atoms with Crippen molar-refractivity contribution in [3.05, 3.63) is 11.6 Å². The number of rotatable bonds is 0. The molecule has 5 saturated heterocycles. The quantitative estimate of drug-likeness (QED) is 0.462. The van der Waals surface area contributed by atoms with Crippen molar-refractivity contribution >= 4 is 23.3 Å². The first-order valence-electron chi connectivity index (χ1n) is 14.6. The number of nitrogens with zero attached hydrogens (tertiary/aromatic N) is 1. The molecule has 5 heterocycles. The van der Waals surface area contributed by atoms with Crippen LogP contribution in [0.15, 0.2) is 11.6 Å². The van der Waals surface area contributed by atoms with Gasteiger partial charge in [0.2, 0.25) is 0 Å². The number of carbonyl (C=O) groups is 4. The highest BCUT2D eigenvalue weighted by atomic mass is 16.6. The van der Waals surface area contributed by atoms with Crippen molar-refractivity contribution in [3.63, 3.8) is 0 Å². The van der Waals surface area contributed by atoms with Crippen LogP contribution in [0, 0.1) is 45.8 Å². The van der Waals surface area contributed by atoms with E-state index in [0.717, 1.165) is 5.57 Å². The molecule has 0 aromatic carbocycles. The normalized spacial score (nSPS) is 57.6. The Hall–Kier alpha value is -1.94. The van der Waals surface area contributed by atoms with Crippen LogP contribution in [-0.4, -0.2) is 70.3 Å². The Kier molecular flexibility index (Phi) is 4.51. The molecule has 9 heteroatoms. The van der Waals surface area contributed by atoms with Crippen molar-refractivity contribution < 1.29 is 38.5 Å². The zero-order valence-electron chi connectivity index (χ0n) is 23.0. The lowest BCUT2D eigenvalue weighted by atomic mass is 9.34. The standard InChI is InChI=1S/C30H37NO8/c1-14-7-17-21(18(32)8-14)16(3)22(34)23-27(11-20(33)37-12-27)26(4)5-6-28-10-15(2)9-19(39-28)24(35)31(28)30(26)25(36)29(17,23)13-38-30/h8,15-17,19,21,23-24,35H,5-7,9-13H2,1-4H3/t15-,16+,17+,19+,21-,23+,24+,26-,27+,28?,29-,30+/m0/s1. The van der Waals surface area contributed by atoms with Gasteiger partial charge < -0.3 is 19.3 Å². The molecule has 2 saturated carbocycles. The number of aliphatic hydroxyl groups excluding tert-OH is 1. The van der Waals surface area contributed by atoms with Crippen LogP contribution in [0.1, 0.15) is 66.2 Å². The predicted molar refractivity (Wildman–Crippen MR) is 133 cm³/mol. The van der Waals surface area contributed by atoms with E-state index in [1.807, 2.05) is 25.7 Å². The van der Waals surface area contributed by atoms with Gasteiger partial charge in [-0.25, -0.2) is 4.90 Å². The number of cyclic esters (lactones) is 1. The van der Waals surface area contributed by atoms with Gasteiger partial charge in [0.1, 0.15) is 17.7 Å². The minimum Gasteiger partial charge on any atom is -0.465 e. The molecule has 4 bridgehead atoms. The summed E-state index contributed by atoms with van der Waals surface area (Å²) in [5.41, 5.74) is -4.82. The van der Waals surface area contributed by atoms with Gasteiger partial charge in [-0.3, -0.25) is 19.2 Å². The summed E-state index contributed by atoms with van der Waals surface area (Å²) >= 11 is 0. The molecule has 39 heavy (non-hydrogen) atoms. The largest absolute Gasteiger partial charge is 0.465 e.